The molecule has 32 heavy (non-hydrogen) atoms. The molecule has 1 atom stereocenters. The summed E-state index contributed by atoms with van der Waals surface area (Å²) in [4.78, 5) is 31.4. The first-order valence-electron chi connectivity index (χ1n) is 11.3. The van der Waals surface area contributed by atoms with Gasteiger partial charge < -0.3 is 14.8 Å². The standard InChI is InChI=1S/C26H30N4O2/c1-20-27-14-17-29(20)16-13-25(31)30-15-5-6-21(19-30)18-28-26(32)24-11-9-23(10-12-24)22-7-3-2-4-8-22/h2-4,7-12,14,17,21H,5-6,13,15-16,18-19H2,1H3,(H,28,32). The molecule has 2 heterocycles. The summed E-state index contributed by atoms with van der Waals surface area (Å²) in [5.41, 5.74) is 2.88. The monoisotopic (exact) mass is 430 g/mol. The fourth-order valence-corrected chi connectivity index (χ4v) is 4.26. The van der Waals surface area contributed by atoms with Gasteiger partial charge in [-0.2, -0.15) is 0 Å². The third-order valence-corrected chi connectivity index (χ3v) is 6.17. The van der Waals surface area contributed by atoms with E-state index in [0.29, 0.717) is 31.6 Å². The van der Waals surface area contributed by atoms with Crippen LogP contribution in [0.25, 0.3) is 11.1 Å². The molecule has 1 unspecified atom stereocenters. The highest BCUT2D eigenvalue weighted by Gasteiger charge is 2.24. The van der Waals surface area contributed by atoms with Gasteiger partial charge in [-0.3, -0.25) is 9.59 Å². The lowest BCUT2D eigenvalue weighted by Crippen LogP contribution is -2.43. The van der Waals surface area contributed by atoms with Crippen molar-refractivity contribution in [1.29, 1.82) is 0 Å². The van der Waals surface area contributed by atoms with Crippen LogP contribution in [0.5, 0.6) is 0 Å². The Morgan fingerprint density at radius 3 is 2.53 bits per heavy atom. The molecule has 1 aliphatic rings. The Hall–Kier alpha value is -3.41. The molecule has 1 saturated heterocycles. The second-order valence-corrected chi connectivity index (χ2v) is 8.42. The van der Waals surface area contributed by atoms with Gasteiger partial charge in [-0.15, -0.1) is 0 Å². The van der Waals surface area contributed by atoms with Crippen molar-refractivity contribution in [2.45, 2.75) is 32.7 Å². The van der Waals surface area contributed by atoms with Crippen molar-refractivity contribution in [3.63, 3.8) is 0 Å². The molecule has 2 aromatic carbocycles. The lowest BCUT2D eigenvalue weighted by atomic mass is 9.97. The van der Waals surface area contributed by atoms with E-state index in [1.807, 2.05) is 65.1 Å². The number of imidazole rings is 1. The SMILES string of the molecule is Cc1nccn1CCC(=O)N1CCCC(CNC(=O)c2ccc(-c3ccccc3)cc2)C1. The van der Waals surface area contributed by atoms with Crippen LogP contribution >= 0.6 is 0 Å². The molecular weight excluding hydrogens is 400 g/mol. The van der Waals surface area contributed by atoms with Crippen LogP contribution in [0, 0.1) is 12.8 Å². The van der Waals surface area contributed by atoms with Gasteiger partial charge in [0, 0.05) is 50.6 Å². The van der Waals surface area contributed by atoms with Crippen LogP contribution in [0.2, 0.25) is 0 Å². The van der Waals surface area contributed by atoms with Crippen LogP contribution in [0.1, 0.15) is 35.4 Å². The summed E-state index contributed by atoms with van der Waals surface area (Å²) in [5, 5.41) is 3.06. The van der Waals surface area contributed by atoms with E-state index in [4.69, 9.17) is 0 Å². The van der Waals surface area contributed by atoms with E-state index in [-0.39, 0.29) is 17.7 Å². The third kappa shape index (κ3) is 5.44. The van der Waals surface area contributed by atoms with Crippen molar-refractivity contribution >= 4 is 11.8 Å². The first kappa shape index (κ1) is 21.8. The summed E-state index contributed by atoms with van der Waals surface area (Å²) in [7, 11) is 0. The van der Waals surface area contributed by atoms with Crippen LogP contribution in [0.3, 0.4) is 0 Å². The maximum Gasteiger partial charge on any atom is 0.251 e. The van der Waals surface area contributed by atoms with Gasteiger partial charge in [0.1, 0.15) is 5.82 Å². The average molecular weight is 431 g/mol. The summed E-state index contributed by atoms with van der Waals surface area (Å²) >= 11 is 0. The van der Waals surface area contributed by atoms with Crippen molar-refractivity contribution in [2.24, 2.45) is 5.92 Å². The highest BCUT2D eigenvalue weighted by atomic mass is 16.2. The number of hydrogen-bond acceptors (Lipinski definition) is 3. The molecule has 4 rings (SSSR count). The van der Waals surface area contributed by atoms with Crippen LogP contribution in [0.4, 0.5) is 0 Å². The molecule has 3 aromatic rings. The van der Waals surface area contributed by atoms with Gasteiger partial charge in [0.25, 0.3) is 5.91 Å². The predicted octanol–water partition coefficient (Wildman–Crippen LogP) is 3.92. The molecule has 0 radical (unpaired) electrons. The molecule has 0 saturated carbocycles. The van der Waals surface area contributed by atoms with Gasteiger partial charge >= 0.3 is 0 Å². The molecule has 1 fully saturated rings. The average Bonchev–Trinajstić information content (AvgIpc) is 3.26. The van der Waals surface area contributed by atoms with Gasteiger partial charge in [-0.25, -0.2) is 4.98 Å². The lowest BCUT2D eigenvalue weighted by Gasteiger charge is -2.33. The van der Waals surface area contributed by atoms with Crippen molar-refractivity contribution in [3.05, 3.63) is 78.4 Å². The van der Waals surface area contributed by atoms with Crippen LogP contribution in [-0.4, -0.2) is 45.9 Å². The highest BCUT2D eigenvalue weighted by Crippen LogP contribution is 2.20. The fourth-order valence-electron chi connectivity index (χ4n) is 4.26. The Morgan fingerprint density at radius 1 is 1.06 bits per heavy atom. The van der Waals surface area contributed by atoms with E-state index in [9.17, 15) is 9.59 Å². The molecule has 1 aliphatic heterocycles. The first-order chi connectivity index (χ1) is 15.6. The largest absolute Gasteiger partial charge is 0.352 e. The third-order valence-electron chi connectivity index (χ3n) is 6.17. The Labute approximate surface area is 189 Å². The molecule has 6 nitrogen and oxygen atoms in total. The fraction of sp³-hybridized carbons (Fsp3) is 0.346. The lowest BCUT2D eigenvalue weighted by molar-refractivity contribution is -0.133. The van der Waals surface area contributed by atoms with E-state index in [0.717, 1.165) is 36.3 Å². The van der Waals surface area contributed by atoms with Crippen molar-refractivity contribution < 1.29 is 9.59 Å². The van der Waals surface area contributed by atoms with Gasteiger partial charge in [0.15, 0.2) is 0 Å². The molecule has 2 amide bonds. The van der Waals surface area contributed by atoms with Gasteiger partial charge in [0.2, 0.25) is 5.91 Å². The topological polar surface area (TPSA) is 67.2 Å². The molecule has 6 heteroatoms. The van der Waals surface area contributed by atoms with Crippen LogP contribution in [0.15, 0.2) is 67.0 Å². The summed E-state index contributed by atoms with van der Waals surface area (Å²) in [5.74, 6) is 1.32. The number of hydrogen-bond donors (Lipinski definition) is 1. The minimum Gasteiger partial charge on any atom is -0.352 e. The summed E-state index contributed by atoms with van der Waals surface area (Å²) < 4.78 is 2.00. The van der Waals surface area contributed by atoms with Crippen LogP contribution in [-0.2, 0) is 11.3 Å². The molecular formula is C26H30N4O2. The molecule has 0 spiro atoms. The van der Waals surface area contributed by atoms with Crippen LogP contribution < -0.4 is 5.32 Å². The number of nitrogens with one attached hydrogen (secondary N) is 1. The maximum absolute atomic E-state index is 12.7. The summed E-state index contributed by atoms with van der Waals surface area (Å²) in [6.45, 7) is 4.69. The normalized spacial score (nSPS) is 16.0. The van der Waals surface area contributed by atoms with Crippen molar-refractivity contribution in [3.8, 4) is 11.1 Å². The Kier molecular flexibility index (Phi) is 7.00. The van der Waals surface area contributed by atoms with E-state index in [2.05, 4.69) is 22.4 Å². The molecule has 0 bridgehead atoms. The number of aromatic nitrogens is 2. The van der Waals surface area contributed by atoms with Crippen molar-refractivity contribution in [1.82, 2.24) is 19.8 Å². The minimum atomic E-state index is -0.0661. The number of likely N-dealkylation sites (tertiary alicyclic amines) is 1. The maximum atomic E-state index is 12.7. The van der Waals surface area contributed by atoms with E-state index in [1.54, 1.807) is 6.20 Å². The zero-order chi connectivity index (χ0) is 22.3. The second kappa shape index (κ2) is 10.3. The quantitative estimate of drug-likeness (QED) is 0.618. The van der Waals surface area contributed by atoms with Gasteiger partial charge in [0.05, 0.1) is 0 Å². The number of carbonyl (C=O) groups excluding carboxylic acids is 2. The van der Waals surface area contributed by atoms with E-state index >= 15 is 0 Å². The number of piperidine rings is 1. The number of carbonyl (C=O) groups is 2. The molecule has 1 aromatic heterocycles. The number of amides is 2. The zero-order valence-electron chi connectivity index (χ0n) is 18.5. The van der Waals surface area contributed by atoms with Crippen molar-refractivity contribution in [2.75, 3.05) is 19.6 Å². The van der Waals surface area contributed by atoms with Gasteiger partial charge in [-0.1, -0.05) is 42.5 Å². The molecule has 0 aliphatic carbocycles. The Bertz CT molecular complexity index is 1040. The van der Waals surface area contributed by atoms with E-state index in [1.165, 1.54) is 0 Å². The number of nitrogens with zero attached hydrogens (tertiary/aromatic N) is 3. The number of aryl methyl sites for hydroxylation is 2. The first-order valence-corrected chi connectivity index (χ1v) is 11.3. The summed E-state index contributed by atoms with van der Waals surface area (Å²) in [6, 6.07) is 17.8. The minimum absolute atomic E-state index is 0.0661. The summed E-state index contributed by atoms with van der Waals surface area (Å²) in [6.07, 6.45) is 6.14. The molecule has 166 valence electrons. The van der Waals surface area contributed by atoms with Gasteiger partial charge in [-0.05, 0) is 48.9 Å². The Morgan fingerprint density at radius 2 is 1.81 bits per heavy atom. The number of rotatable bonds is 7. The predicted molar refractivity (Wildman–Crippen MR) is 125 cm³/mol. The smallest absolute Gasteiger partial charge is 0.251 e. The second-order valence-electron chi connectivity index (χ2n) is 8.42. The van der Waals surface area contributed by atoms with E-state index < -0.39 is 0 Å². The highest BCUT2D eigenvalue weighted by molar-refractivity contribution is 5.94. The Balaban J connectivity index is 1.25. The zero-order valence-corrected chi connectivity index (χ0v) is 18.5. The molecule has 1 N–H and O–H groups in total. The number of benzene rings is 2.